The standard InChI is InChI=1S/C15H22BrNO2S/c1-19-13-8-11(7-12(16)14(13)18)9-17-10-15(20-2)5-3-4-6-15/h7-8,17-18H,3-6,9-10H2,1-2H3. The summed E-state index contributed by atoms with van der Waals surface area (Å²) in [6.45, 7) is 1.83. The van der Waals surface area contributed by atoms with E-state index in [1.54, 1.807) is 7.11 Å². The van der Waals surface area contributed by atoms with Crippen LogP contribution in [-0.2, 0) is 6.54 Å². The second-order valence-electron chi connectivity index (χ2n) is 5.33. The summed E-state index contributed by atoms with van der Waals surface area (Å²) in [5, 5.41) is 13.4. The number of rotatable bonds is 6. The normalized spacial score (nSPS) is 17.4. The maximum Gasteiger partial charge on any atom is 0.172 e. The van der Waals surface area contributed by atoms with Crippen molar-refractivity contribution in [1.82, 2.24) is 5.32 Å². The van der Waals surface area contributed by atoms with Crippen LogP contribution in [0.25, 0.3) is 0 Å². The summed E-state index contributed by atoms with van der Waals surface area (Å²) >= 11 is 5.35. The molecular formula is C15H22BrNO2S. The Bertz CT molecular complexity index is 461. The molecule has 1 aromatic rings. The predicted molar refractivity (Wildman–Crippen MR) is 88.8 cm³/mol. The number of phenols is 1. The molecule has 0 spiro atoms. The molecule has 0 radical (unpaired) electrons. The van der Waals surface area contributed by atoms with E-state index in [1.807, 2.05) is 23.9 Å². The molecule has 112 valence electrons. The molecule has 0 unspecified atom stereocenters. The Morgan fingerprint density at radius 3 is 2.70 bits per heavy atom. The number of methoxy groups -OCH3 is 1. The summed E-state index contributed by atoms with van der Waals surface area (Å²) in [6.07, 6.45) is 7.53. The van der Waals surface area contributed by atoms with Crippen molar-refractivity contribution in [2.45, 2.75) is 37.0 Å². The van der Waals surface area contributed by atoms with E-state index < -0.39 is 0 Å². The van der Waals surface area contributed by atoms with Crippen molar-refractivity contribution >= 4 is 27.7 Å². The minimum absolute atomic E-state index is 0.160. The number of nitrogens with one attached hydrogen (secondary N) is 1. The largest absolute Gasteiger partial charge is 0.503 e. The Kier molecular flexibility index (Phi) is 5.64. The highest BCUT2D eigenvalue weighted by molar-refractivity contribution is 9.10. The molecule has 0 atom stereocenters. The fourth-order valence-corrected chi connectivity index (χ4v) is 4.22. The number of hydrogen-bond donors (Lipinski definition) is 2. The summed E-state index contributed by atoms with van der Waals surface area (Å²) < 4.78 is 6.27. The SMILES string of the molecule is COc1cc(CNCC2(SC)CCCC2)cc(Br)c1O. The summed E-state index contributed by atoms with van der Waals surface area (Å²) in [5.41, 5.74) is 1.11. The van der Waals surface area contributed by atoms with Crippen LogP contribution >= 0.6 is 27.7 Å². The first-order valence-corrected chi connectivity index (χ1v) is 8.93. The van der Waals surface area contributed by atoms with Gasteiger partial charge in [0, 0.05) is 17.8 Å². The molecule has 0 aromatic heterocycles. The number of hydrogen-bond acceptors (Lipinski definition) is 4. The molecule has 0 saturated heterocycles. The lowest BCUT2D eigenvalue weighted by Crippen LogP contribution is -2.34. The van der Waals surface area contributed by atoms with Crippen LogP contribution in [-0.4, -0.2) is 29.8 Å². The van der Waals surface area contributed by atoms with Gasteiger partial charge in [-0.2, -0.15) is 11.8 Å². The van der Waals surface area contributed by atoms with Gasteiger partial charge in [-0.3, -0.25) is 0 Å². The van der Waals surface area contributed by atoms with Gasteiger partial charge in [-0.1, -0.05) is 12.8 Å². The van der Waals surface area contributed by atoms with Crippen LogP contribution in [0.15, 0.2) is 16.6 Å². The lowest BCUT2D eigenvalue weighted by molar-refractivity contribution is 0.371. The van der Waals surface area contributed by atoms with Gasteiger partial charge in [0.1, 0.15) is 0 Å². The van der Waals surface area contributed by atoms with Crippen molar-refractivity contribution in [3.63, 3.8) is 0 Å². The maximum atomic E-state index is 9.80. The number of ether oxygens (including phenoxy) is 1. The van der Waals surface area contributed by atoms with Crippen molar-refractivity contribution < 1.29 is 9.84 Å². The molecular weight excluding hydrogens is 338 g/mol. The van der Waals surface area contributed by atoms with Crippen molar-refractivity contribution in [3.05, 3.63) is 22.2 Å². The minimum Gasteiger partial charge on any atom is -0.503 e. The monoisotopic (exact) mass is 359 g/mol. The highest BCUT2D eigenvalue weighted by Gasteiger charge is 2.32. The van der Waals surface area contributed by atoms with E-state index >= 15 is 0 Å². The van der Waals surface area contributed by atoms with Crippen LogP contribution in [0.1, 0.15) is 31.2 Å². The average Bonchev–Trinajstić information content (AvgIpc) is 2.92. The van der Waals surface area contributed by atoms with Gasteiger partial charge >= 0.3 is 0 Å². The van der Waals surface area contributed by atoms with E-state index in [2.05, 4.69) is 27.5 Å². The van der Waals surface area contributed by atoms with E-state index in [-0.39, 0.29) is 5.75 Å². The van der Waals surface area contributed by atoms with Crippen molar-refractivity contribution in [2.24, 2.45) is 0 Å². The lowest BCUT2D eigenvalue weighted by atomic mass is 10.1. The molecule has 1 aliphatic carbocycles. The third kappa shape index (κ3) is 3.62. The zero-order chi connectivity index (χ0) is 14.6. The van der Waals surface area contributed by atoms with Crippen LogP contribution in [0.4, 0.5) is 0 Å². The van der Waals surface area contributed by atoms with Crippen LogP contribution in [0.5, 0.6) is 11.5 Å². The summed E-state index contributed by atoms with van der Waals surface area (Å²) in [7, 11) is 1.57. The Hall–Kier alpha value is -0.390. The van der Waals surface area contributed by atoms with E-state index in [0.29, 0.717) is 15.0 Å². The van der Waals surface area contributed by atoms with Crippen molar-refractivity contribution in [3.8, 4) is 11.5 Å². The quantitative estimate of drug-likeness (QED) is 0.807. The smallest absolute Gasteiger partial charge is 0.172 e. The third-order valence-electron chi connectivity index (χ3n) is 4.03. The Labute approximate surface area is 133 Å². The second-order valence-corrected chi connectivity index (χ2v) is 7.45. The molecule has 1 aromatic carbocycles. The van der Waals surface area contributed by atoms with Gasteiger partial charge in [0.25, 0.3) is 0 Å². The zero-order valence-corrected chi connectivity index (χ0v) is 14.4. The molecule has 1 aliphatic rings. The first-order valence-electron chi connectivity index (χ1n) is 6.91. The number of thioether (sulfide) groups is 1. The summed E-state index contributed by atoms with van der Waals surface area (Å²) in [4.78, 5) is 0. The Morgan fingerprint density at radius 1 is 1.40 bits per heavy atom. The minimum atomic E-state index is 0.160. The molecule has 5 heteroatoms. The van der Waals surface area contributed by atoms with Crippen molar-refractivity contribution in [1.29, 1.82) is 0 Å². The van der Waals surface area contributed by atoms with E-state index in [4.69, 9.17) is 4.74 Å². The number of phenolic OH excluding ortho intramolecular Hbond substituents is 1. The predicted octanol–water partition coefficient (Wildman–Crippen LogP) is 3.93. The molecule has 0 amide bonds. The molecule has 20 heavy (non-hydrogen) atoms. The third-order valence-corrected chi connectivity index (χ3v) is 6.06. The Morgan fingerprint density at radius 2 is 2.10 bits per heavy atom. The van der Waals surface area contributed by atoms with Gasteiger partial charge in [-0.25, -0.2) is 0 Å². The van der Waals surface area contributed by atoms with Crippen LogP contribution in [0.3, 0.4) is 0 Å². The summed E-state index contributed by atoms with van der Waals surface area (Å²) in [5.74, 6) is 0.671. The maximum absolute atomic E-state index is 9.80. The first kappa shape index (κ1) is 16.0. The molecule has 2 N–H and O–H groups in total. The van der Waals surface area contributed by atoms with Crippen LogP contribution in [0, 0.1) is 0 Å². The molecule has 1 fully saturated rings. The second kappa shape index (κ2) is 7.05. The fraction of sp³-hybridized carbons (Fsp3) is 0.600. The molecule has 2 rings (SSSR count). The van der Waals surface area contributed by atoms with Crippen LogP contribution in [0.2, 0.25) is 0 Å². The van der Waals surface area contributed by atoms with Crippen molar-refractivity contribution in [2.75, 3.05) is 19.9 Å². The molecule has 1 saturated carbocycles. The highest BCUT2D eigenvalue weighted by atomic mass is 79.9. The first-order chi connectivity index (χ1) is 9.60. The Balaban J connectivity index is 1.95. The number of benzene rings is 1. The lowest BCUT2D eigenvalue weighted by Gasteiger charge is -2.27. The fourth-order valence-electron chi connectivity index (χ4n) is 2.79. The molecule has 0 bridgehead atoms. The molecule has 0 aliphatic heterocycles. The number of halogens is 1. The zero-order valence-electron chi connectivity index (χ0n) is 12.0. The van der Waals surface area contributed by atoms with E-state index in [1.165, 1.54) is 25.7 Å². The average molecular weight is 360 g/mol. The van der Waals surface area contributed by atoms with Crippen LogP contribution < -0.4 is 10.1 Å². The van der Waals surface area contributed by atoms with Gasteiger partial charge in [0.05, 0.1) is 11.6 Å². The van der Waals surface area contributed by atoms with E-state index in [0.717, 1.165) is 18.7 Å². The van der Waals surface area contributed by atoms with Gasteiger partial charge in [0.2, 0.25) is 0 Å². The van der Waals surface area contributed by atoms with Gasteiger partial charge < -0.3 is 15.2 Å². The number of aromatic hydroxyl groups is 1. The molecule has 0 heterocycles. The van der Waals surface area contributed by atoms with Gasteiger partial charge in [0.15, 0.2) is 11.5 Å². The highest BCUT2D eigenvalue weighted by Crippen LogP contribution is 2.40. The molecule has 3 nitrogen and oxygen atoms in total. The summed E-state index contributed by atoms with van der Waals surface area (Å²) in [6, 6.07) is 3.82. The topological polar surface area (TPSA) is 41.5 Å². The van der Waals surface area contributed by atoms with Gasteiger partial charge in [-0.05, 0) is 52.7 Å². The van der Waals surface area contributed by atoms with Gasteiger partial charge in [-0.15, -0.1) is 0 Å². The van der Waals surface area contributed by atoms with E-state index in [9.17, 15) is 5.11 Å².